The van der Waals surface area contributed by atoms with Crippen molar-refractivity contribution in [3.05, 3.63) is 76.9 Å². The van der Waals surface area contributed by atoms with Crippen LogP contribution in [0.15, 0.2) is 54.4 Å². The third-order valence-electron chi connectivity index (χ3n) is 8.15. The number of hydrogen-bond donors (Lipinski definition) is 1. The Morgan fingerprint density at radius 3 is 2.64 bits per heavy atom. The number of thiazole rings is 1. The molecule has 1 amide bonds. The predicted molar refractivity (Wildman–Crippen MR) is 158 cm³/mol. The zero-order valence-corrected chi connectivity index (χ0v) is 24.3. The quantitative estimate of drug-likeness (QED) is 0.246. The van der Waals surface area contributed by atoms with Gasteiger partial charge in [-0.25, -0.2) is 14.4 Å². The number of halogens is 4. The maximum absolute atomic E-state index is 14.6. The van der Waals surface area contributed by atoms with Gasteiger partial charge < -0.3 is 14.2 Å². The number of amides is 1. The Hall–Kier alpha value is -4.30. The van der Waals surface area contributed by atoms with Crippen LogP contribution in [0.5, 0.6) is 0 Å². The predicted octanol–water partition coefficient (Wildman–Crippen LogP) is 5.64. The van der Waals surface area contributed by atoms with Crippen LogP contribution in [-0.2, 0) is 28.7 Å². The minimum atomic E-state index is -4.70. The molecule has 3 aromatic heterocycles. The molecule has 7 rings (SSSR count). The maximum Gasteiger partial charge on any atom is 0.417 e. The number of nitrogens with zero attached hydrogens (tertiary/aromatic N) is 6. The minimum Gasteiger partial charge on any atom is -0.378 e. The number of benzene rings is 2. The number of ether oxygens (including phenoxy) is 1. The molecule has 2 atom stereocenters. The largest absolute Gasteiger partial charge is 0.417 e. The number of morpholine rings is 1. The first kappa shape index (κ1) is 28.5. The standard InChI is InChI=1S/C30H27F4N7O2S/c1-17-21(18-2-4-20(5-3-18)39-7-9-43-10-8-39)13-23(30(32,33)34)22-15-41(38-25(17)22)27(28(42)37-29-35-6-11-44-29)26-24-12-19(31)14-40(24)16-36-26/h2-6,11,13,15-16,19,27H,7-10,12,14H2,1H3,(H,35,37,42). The number of imidazole rings is 1. The van der Waals surface area contributed by atoms with E-state index in [2.05, 4.69) is 25.3 Å². The third kappa shape index (κ3) is 5.11. The zero-order valence-electron chi connectivity index (χ0n) is 23.5. The summed E-state index contributed by atoms with van der Waals surface area (Å²) < 4.78 is 66.3. The van der Waals surface area contributed by atoms with Gasteiger partial charge in [0.05, 0.1) is 42.9 Å². The van der Waals surface area contributed by atoms with Gasteiger partial charge in [-0.3, -0.25) is 14.8 Å². The minimum absolute atomic E-state index is 0.0363. The highest BCUT2D eigenvalue weighted by molar-refractivity contribution is 7.13. The summed E-state index contributed by atoms with van der Waals surface area (Å²) in [5.74, 6) is -0.596. The Morgan fingerprint density at radius 2 is 1.93 bits per heavy atom. The van der Waals surface area contributed by atoms with Gasteiger partial charge in [0.25, 0.3) is 5.91 Å². The van der Waals surface area contributed by atoms with Crippen LogP contribution in [-0.4, -0.2) is 62.7 Å². The van der Waals surface area contributed by atoms with Crippen LogP contribution >= 0.6 is 11.3 Å². The van der Waals surface area contributed by atoms with Crippen molar-refractivity contribution in [1.82, 2.24) is 24.3 Å². The van der Waals surface area contributed by atoms with Crippen LogP contribution in [0.3, 0.4) is 0 Å². The normalized spacial score (nSPS) is 17.7. The molecule has 2 aliphatic heterocycles. The summed E-state index contributed by atoms with van der Waals surface area (Å²) in [5.41, 5.74) is 2.48. The molecule has 1 N–H and O–H groups in total. The van der Waals surface area contributed by atoms with Crippen LogP contribution in [0.25, 0.3) is 22.0 Å². The number of rotatable bonds is 6. The highest BCUT2D eigenvalue weighted by Crippen LogP contribution is 2.41. The van der Waals surface area contributed by atoms with Gasteiger partial charge in [0, 0.05) is 54.1 Å². The molecule has 14 heteroatoms. The molecule has 0 spiro atoms. The van der Waals surface area contributed by atoms with Gasteiger partial charge in [0.2, 0.25) is 0 Å². The molecule has 0 saturated carbocycles. The number of hydrogen-bond acceptors (Lipinski definition) is 7. The Bertz CT molecular complexity index is 1830. The molecule has 44 heavy (non-hydrogen) atoms. The summed E-state index contributed by atoms with van der Waals surface area (Å²) >= 11 is 1.19. The van der Waals surface area contributed by atoms with Crippen LogP contribution in [0.4, 0.5) is 28.4 Å². The number of carbonyl (C=O) groups is 1. The fourth-order valence-electron chi connectivity index (χ4n) is 6.01. The second-order valence-corrected chi connectivity index (χ2v) is 11.8. The van der Waals surface area contributed by atoms with Crippen molar-refractivity contribution in [1.29, 1.82) is 0 Å². The number of alkyl halides is 4. The average Bonchev–Trinajstić information content (AvgIpc) is 3.80. The third-order valence-corrected chi connectivity index (χ3v) is 8.84. The van der Waals surface area contributed by atoms with Gasteiger partial charge in [-0.15, -0.1) is 11.3 Å². The maximum atomic E-state index is 14.6. The first-order chi connectivity index (χ1) is 21.2. The number of aromatic nitrogens is 5. The van der Waals surface area contributed by atoms with E-state index in [4.69, 9.17) is 4.74 Å². The molecule has 228 valence electrons. The van der Waals surface area contributed by atoms with Crippen molar-refractivity contribution in [3.63, 3.8) is 0 Å². The van der Waals surface area contributed by atoms with Crippen molar-refractivity contribution in [3.8, 4) is 11.1 Å². The van der Waals surface area contributed by atoms with E-state index in [9.17, 15) is 22.4 Å². The van der Waals surface area contributed by atoms with Crippen LogP contribution in [0.1, 0.15) is 28.6 Å². The summed E-state index contributed by atoms with van der Waals surface area (Å²) in [5, 5.41) is 9.15. The molecule has 5 heterocycles. The lowest BCUT2D eigenvalue weighted by Gasteiger charge is -2.29. The number of aryl methyl sites for hydroxylation is 1. The molecule has 1 saturated heterocycles. The number of nitrogens with one attached hydrogen (secondary N) is 1. The van der Waals surface area contributed by atoms with Crippen LogP contribution in [0, 0.1) is 6.92 Å². The number of carbonyl (C=O) groups excluding carboxylic acids is 1. The molecule has 2 aliphatic rings. The Kier molecular flexibility index (Phi) is 7.12. The number of fused-ring (bicyclic) bond motifs is 2. The highest BCUT2D eigenvalue weighted by atomic mass is 32.1. The SMILES string of the molecule is Cc1c(-c2ccc(N3CCOCC3)cc2)cc(C(F)(F)F)c2cn(C(C(=O)Nc3nccs3)c3ncn4c3CC(F)C4)nc12. The average molecular weight is 626 g/mol. The van der Waals surface area contributed by atoms with Crippen LogP contribution in [0.2, 0.25) is 0 Å². The lowest BCUT2D eigenvalue weighted by Crippen LogP contribution is -2.36. The summed E-state index contributed by atoms with van der Waals surface area (Å²) in [6, 6.07) is 7.29. The zero-order chi connectivity index (χ0) is 30.6. The molecule has 5 aromatic rings. The highest BCUT2D eigenvalue weighted by Gasteiger charge is 2.38. The van der Waals surface area contributed by atoms with E-state index in [0.717, 1.165) is 24.8 Å². The molecule has 9 nitrogen and oxygen atoms in total. The Labute approximate surface area is 253 Å². The molecule has 2 unspecified atom stereocenters. The molecular weight excluding hydrogens is 598 g/mol. The van der Waals surface area contributed by atoms with Gasteiger partial charge in [-0.1, -0.05) is 12.1 Å². The van der Waals surface area contributed by atoms with E-state index < -0.39 is 29.9 Å². The van der Waals surface area contributed by atoms with Crippen molar-refractivity contribution in [2.24, 2.45) is 0 Å². The summed E-state index contributed by atoms with van der Waals surface area (Å²) in [4.78, 5) is 24.4. The summed E-state index contributed by atoms with van der Waals surface area (Å²) in [6.07, 6.45) is -1.61. The Balaban J connectivity index is 1.34. The second-order valence-electron chi connectivity index (χ2n) is 10.9. The molecule has 2 aromatic carbocycles. The first-order valence-electron chi connectivity index (χ1n) is 14.1. The van der Waals surface area contributed by atoms with Crippen molar-refractivity contribution in [2.45, 2.75) is 38.3 Å². The van der Waals surface area contributed by atoms with E-state index in [0.29, 0.717) is 40.7 Å². The van der Waals surface area contributed by atoms with Gasteiger partial charge in [-0.05, 0) is 41.8 Å². The molecule has 0 aliphatic carbocycles. The summed E-state index contributed by atoms with van der Waals surface area (Å²) in [6.45, 7) is 4.53. The molecular formula is C30H27F4N7O2S. The van der Waals surface area contributed by atoms with Gasteiger partial charge in [0.15, 0.2) is 11.2 Å². The van der Waals surface area contributed by atoms with E-state index in [1.54, 1.807) is 16.9 Å². The topological polar surface area (TPSA) is 90.1 Å². The second kappa shape index (κ2) is 11.0. The monoisotopic (exact) mass is 625 g/mol. The van der Waals surface area contributed by atoms with Crippen LogP contribution < -0.4 is 10.2 Å². The van der Waals surface area contributed by atoms with E-state index >= 15 is 0 Å². The molecule has 1 fully saturated rings. The van der Waals surface area contributed by atoms with Gasteiger partial charge in [0.1, 0.15) is 6.17 Å². The van der Waals surface area contributed by atoms with Gasteiger partial charge in [-0.2, -0.15) is 18.3 Å². The Morgan fingerprint density at radius 1 is 1.16 bits per heavy atom. The van der Waals surface area contributed by atoms with Crippen molar-refractivity contribution < 1.29 is 27.1 Å². The fraction of sp³-hybridized carbons (Fsp3) is 0.333. The number of anilines is 2. The fourth-order valence-corrected chi connectivity index (χ4v) is 6.54. The van der Waals surface area contributed by atoms with E-state index in [1.807, 2.05) is 24.3 Å². The lowest BCUT2D eigenvalue weighted by atomic mass is 9.94. The van der Waals surface area contributed by atoms with Crippen molar-refractivity contribution >= 4 is 39.0 Å². The molecule has 0 radical (unpaired) electrons. The van der Waals surface area contributed by atoms with E-state index in [-0.39, 0.29) is 29.6 Å². The smallest absolute Gasteiger partial charge is 0.378 e. The summed E-state index contributed by atoms with van der Waals surface area (Å²) in [7, 11) is 0. The first-order valence-corrected chi connectivity index (χ1v) is 15.0. The lowest BCUT2D eigenvalue weighted by molar-refractivity contribution is -0.136. The molecule has 0 bridgehead atoms. The van der Waals surface area contributed by atoms with Crippen molar-refractivity contribution in [2.75, 3.05) is 36.5 Å². The van der Waals surface area contributed by atoms with E-state index in [1.165, 1.54) is 34.7 Å². The van der Waals surface area contributed by atoms with Gasteiger partial charge >= 0.3 is 6.18 Å².